The Balaban J connectivity index is 1.69. The molecule has 1 aliphatic carbocycles. The van der Waals surface area contributed by atoms with Crippen LogP contribution in [0.2, 0.25) is 0 Å². The van der Waals surface area contributed by atoms with Gasteiger partial charge in [0.1, 0.15) is 0 Å². The van der Waals surface area contributed by atoms with Crippen LogP contribution in [-0.4, -0.2) is 18.8 Å². The summed E-state index contributed by atoms with van der Waals surface area (Å²) >= 11 is 0. The van der Waals surface area contributed by atoms with Crippen LogP contribution in [0.5, 0.6) is 0 Å². The van der Waals surface area contributed by atoms with Crippen LogP contribution >= 0.6 is 0 Å². The van der Waals surface area contributed by atoms with Crippen molar-refractivity contribution in [3.8, 4) is 0 Å². The molecule has 0 bridgehead atoms. The summed E-state index contributed by atoms with van der Waals surface area (Å²) in [6.07, 6.45) is 2.99. The first-order valence-electron chi connectivity index (χ1n) is 7.94. The minimum atomic E-state index is 0.254. The zero-order valence-electron chi connectivity index (χ0n) is 13.1. The molecule has 0 radical (unpaired) electrons. The Morgan fingerprint density at radius 1 is 1.25 bits per heavy atom. The monoisotopic (exact) mass is 273 g/mol. The Labute approximate surface area is 122 Å². The molecule has 1 aromatic carbocycles. The van der Waals surface area contributed by atoms with Crippen molar-refractivity contribution in [1.82, 2.24) is 5.32 Å². The number of fused-ring (bicyclic) bond motifs is 1. The van der Waals surface area contributed by atoms with Gasteiger partial charge in [0.25, 0.3) is 0 Å². The fourth-order valence-electron chi connectivity index (χ4n) is 4.08. The minimum absolute atomic E-state index is 0.254. The second kappa shape index (κ2) is 5.16. The van der Waals surface area contributed by atoms with Gasteiger partial charge in [-0.25, -0.2) is 0 Å². The molecular weight excluding hydrogens is 246 g/mol. The largest absolute Gasteiger partial charge is 0.377 e. The molecular formula is C18H27NO. The van der Waals surface area contributed by atoms with Gasteiger partial charge >= 0.3 is 0 Å². The Morgan fingerprint density at radius 2 is 1.95 bits per heavy atom. The van der Waals surface area contributed by atoms with Gasteiger partial charge in [0.05, 0.1) is 6.10 Å². The Morgan fingerprint density at radius 3 is 2.65 bits per heavy atom. The number of rotatable bonds is 3. The van der Waals surface area contributed by atoms with E-state index in [1.165, 1.54) is 24.0 Å². The second-order valence-corrected chi connectivity index (χ2v) is 7.20. The summed E-state index contributed by atoms with van der Waals surface area (Å²) in [5, 5.41) is 3.86. The highest BCUT2D eigenvalue weighted by Crippen LogP contribution is 2.51. The molecule has 2 heteroatoms. The number of ether oxygens (including phenoxy) is 1. The molecule has 3 unspecified atom stereocenters. The topological polar surface area (TPSA) is 21.3 Å². The van der Waals surface area contributed by atoms with Crippen LogP contribution in [-0.2, 0) is 4.74 Å². The van der Waals surface area contributed by atoms with Crippen LogP contribution in [0.4, 0.5) is 0 Å². The molecule has 2 aliphatic rings. The quantitative estimate of drug-likeness (QED) is 0.903. The molecule has 2 fully saturated rings. The van der Waals surface area contributed by atoms with Crippen LogP contribution in [0, 0.1) is 18.3 Å². The maximum absolute atomic E-state index is 5.99. The fraction of sp³-hybridized carbons (Fsp3) is 0.667. The summed E-state index contributed by atoms with van der Waals surface area (Å²) in [6.45, 7) is 10.1. The summed E-state index contributed by atoms with van der Waals surface area (Å²) in [6, 6.07) is 9.87. The van der Waals surface area contributed by atoms with E-state index in [0.717, 1.165) is 6.61 Å². The predicted molar refractivity (Wildman–Crippen MR) is 82.8 cm³/mol. The highest BCUT2D eigenvalue weighted by Gasteiger charge is 2.57. The number of nitrogens with one attached hydrogen (secondary N) is 1. The molecule has 0 spiro atoms. The molecule has 1 saturated heterocycles. The Bertz CT molecular complexity index is 465. The predicted octanol–water partition coefficient (Wildman–Crippen LogP) is 3.85. The molecule has 110 valence electrons. The third kappa shape index (κ3) is 2.29. The van der Waals surface area contributed by atoms with E-state index >= 15 is 0 Å². The van der Waals surface area contributed by atoms with E-state index in [0.29, 0.717) is 24.1 Å². The lowest BCUT2D eigenvalue weighted by molar-refractivity contribution is -0.194. The summed E-state index contributed by atoms with van der Waals surface area (Å²) in [4.78, 5) is 0. The average molecular weight is 273 g/mol. The highest BCUT2D eigenvalue weighted by atomic mass is 16.5. The van der Waals surface area contributed by atoms with Crippen molar-refractivity contribution in [2.75, 3.05) is 6.61 Å². The minimum Gasteiger partial charge on any atom is -0.377 e. The van der Waals surface area contributed by atoms with Crippen LogP contribution in [0.3, 0.4) is 0 Å². The molecule has 2 nitrogen and oxygen atoms in total. The van der Waals surface area contributed by atoms with Gasteiger partial charge in [0.2, 0.25) is 0 Å². The third-order valence-corrected chi connectivity index (χ3v) is 5.34. The molecule has 20 heavy (non-hydrogen) atoms. The molecule has 3 rings (SSSR count). The highest BCUT2D eigenvalue weighted by molar-refractivity contribution is 5.24. The van der Waals surface area contributed by atoms with Crippen molar-refractivity contribution >= 4 is 0 Å². The van der Waals surface area contributed by atoms with Crippen molar-refractivity contribution in [3.05, 3.63) is 35.4 Å². The van der Waals surface area contributed by atoms with Crippen molar-refractivity contribution in [2.45, 2.75) is 58.7 Å². The van der Waals surface area contributed by atoms with Crippen molar-refractivity contribution in [1.29, 1.82) is 0 Å². The van der Waals surface area contributed by atoms with Gasteiger partial charge in [-0.3, -0.25) is 0 Å². The van der Waals surface area contributed by atoms with Gasteiger partial charge in [-0.1, -0.05) is 43.7 Å². The van der Waals surface area contributed by atoms with Crippen LogP contribution in [0.1, 0.15) is 50.8 Å². The third-order valence-electron chi connectivity index (χ3n) is 5.34. The molecule has 1 saturated carbocycles. The summed E-state index contributed by atoms with van der Waals surface area (Å²) in [5.41, 5.74) is 2.96. The van der Waals surface area contributed by atoms with Gasteiger partial charge in [-0.05, 0) is 32.3 Å². The number of aryl methyl sites for hydroxylation is 1. The van der Waals surface area contributed by atoms with Crippen molar-refractivity contribution in [2.24, 2.45) is 11.3 Å². The Hall–Kier alpha value is -0.860. The lowest BCUT2D eigenvalue weighted by Crippen LogP contribution is -2.69. The molecule has 1 aromatic rings. The maximum atomic E-state index is 5.99. The van der Waals surface area contributed by atoms with Gasteiger partial charge < -0.3 is 10.1 Å². The number of hydrogen-bond donors (Lipinski definition) is 1. The zero-order chi connectivity index (χ0) is 14.3. The molecule has 4 atom stereocenters. The van der Waals surface area contributed by atoms with Crippen LogP contribution in [0.15, 0.2) is 24.3 Å². The van der Waals surface area contributed by atoms with Crippen molar-refractivity contribution in [3.63, 3.8) is 0 Å². The molecule has 0 amide bonds. The number of benzene rings is 1. The van der Waals surface area contributed by atoms with Gasteiger partial charge in [-0.15, -0.1) is 0 Å². The normalized spacial score (nSPS) is 33.1. The van der Waals surface area contributed by atoms with E-state index in [2.05, 4.69) is 57.3 Å². The van der Waals surface area contributed by atoms with Crippen LogP contribution in [0.25, 0.3) is 0 Å². The average Bonchev–Trinajstić information content (AvgIpc) is 2.45. The lowest BCUT2D eigenvalue weighted by Gasteiger charge is -2.60. The van der Waals surface area contributed by atoms with E-state index in [9.17, 15) is 0 Å². The van der Waals surface area contributed by atoms with E-state index < -0.39 is 0 Å². The van der Waals surface area contributed by atoms with Gasteiger partial charge in [-0.2, -0.15) is 0 Å². The summed E-state index contributed by atoms with van der Waals surface area (Å²) in [5.74, 6) is 0.701. The molecule has 1 aliphatic heterocycles. The maximum Gasteiger partial charge on any atom is 0.0684 e. The summed E-state index contributed by atoms with van der Waals surface area (Å²) < 4.78 is 5.99. The standard InChI is InChI=1S/C18H27NO/c1-12-7-9-14(10-8-12)13(2)19-16-15-6-5-11-20-17(15)18(16,3)4/h7-10,13,15-17,19H,5-6,11H2,1-4H3/t13-,15?,16?,17?/m0/s1. The number of hydrogen-bond acceptors (Lipinski definition) is 2. The zero-order valence-corrected chi connectivity index (χ0v) is 13.1. The fourth-order valence-corrected chi connectivity index (χ4v) is 4.08. The van der Waals surface area contributed by atoms with E-state index in [1.807, 2.05) is 0 Å². The SMILES string of the molecule is Cc1ccc([C@H](C)NC2C3CCCOC3C2(C)C)cc1. The van der Waals surface area contributed by atoms with E-state index in [-0.39, 0.29) is 5.41 Å². The smallest absolute Gasteiger partial charge is 0.0684 e. The van der Waals surface area contributed by atoms with E-state index in [4.69, 9.17) is 4.74 Å². The first-order chi connectivity index (χ1) is 9.50. The molecule has 1 heterocycles. The van der Waals surface area contributed by atoms with Crippen LogP contribution < -0.4 is 5.32 Å². The summed E-state index contributed by atoms with van der Waals surface area (Å²) in [7, 11) is 0. The lowest BCUT2D eigenvalue weighted by atomic mass is 9.55. The van der Waals surface area contributed by atoms with Gasteiger partial charge in [0, 0.05) is 30.0 Å². The van der Waals surface area contributed by atoms with Crippen molar-refractivity contribution < 1.29 is 4.74 Å². The molecule has 1 N–H and O–H groups in total. The Kier molecular flexibility index (Phi) is 3.64. The first kappa shape index (κ1) is 14.1. The molecule has 0 aromatic heterocycles. The van der Waals surface area contributed by atoms with E-state index in [1.54, 1.807) is 0 Å². The van der Waals surface area contributed by atoms with Gasteiger partial charge in [0.15, 0.2) is 0 Å². The first-order valence-corrected chi connectivity index (χ1v) is 7.94. The second-order valence-electron chi connectivity index (χ2n) is 7.20.